The van der Waals surface area contributed by atoms with Gasteiger partial charge in [-0.3, -0.25) is 9.69 Å². The van der Waals surface area contributed by atoms with Crippen molar-refractivity contribution in [3.63, 3.8) is 0 Å². The number of nitrogens with zero attached hydrogens (tertiary/aromatic N) is 2. The molecule has 1 aromatic carbocycles. The smallest absolute Gasteiger partial charge is 0.228 e. The van der Waals surface area contributed by atoms with Crippen molar-refractivity contribution in [3.05, 3.63) is 35.4 Å². The van der Waals surface area contributed by atoms with Gasteiger partial charge in [0.15, 0.2) is 0 Å². The third-order valence-electron chi connectivity index (χ3n) is 10.0. The van der Waals surface area contributed by atoms with E-state index in [9.17, 15) is 13.6 Å². The topological polar surface area (TPSA) is 23.6 Å². The Morgan fingerprint density at radius 1 is 1.03 bits per heavy atom. The highest BCUT2D eigenvalue weighted by Gasteiger charge is 2.55. The first kappa shape index (κ1) is 26.5. The Bertz CT molecular complexity index is 943. The molecule has 6 heteroatoms. The molecule has 0 N–H and O–H groups in total. The fraction of sp³-hybridized carbons (Fsp3) is 0.767. The number of hydrogen-bond acceptors (Lipinski definition) is 3. The molecule has 200 valence electrons. The highest BCUT2D eigenvalue weighted by Crippen LogP contribution is 2.55. The average molecular weight is 519 g/mol. The minimum atomic E-state index is -0.563. The molecule has 3 saturated heterocycles. The van der Waals surface area contributed by atoms with Crippen LogP contribution in [0.25, 0.3) is 0 Å². The number of carbonyl (C=O) groups is 1. The van der Waals surface area contributed by atoms with E-state index in [-0.39, 0.29) is 23.3 Å². The van der Waals surface area contributed by atoms with E-state index in [2.05, 4.69) is 36.8 Å². The molecule has 1 saturated carbocycles. The van der Waals surface area contributed by atoms with E-state index in [1.165, 1.54) is 43.9 Å². The molecule has 4 atom stereocenters. The number of likely N-dealkylation sites (tertiary alicyclic amines) is 1. The van der Waals surface area contributed by atoms with Crippen LogP contribution in [0, 0.1) is 28.9 Å². The molecule has 3 unspecified atom stereocenters. The summed E-state index contributed by atoms with van der Waals surface area (Å²) in [5.41, 5.74) is 0.738. The van der Waals surface area contributed by atoms with Crippen molar-refractivity contribution in [2.24, 2.45) is 17.3 Å². The minimum Gasteiger partial charge on any atom is -0.336 e. The number of rotatable bonds is 5. The molecule has 5 rings (SSSR count). The second kappa shape index (κ2) is 10.2. The Balaban J connectivity index is 1.41. The van der Waals surface area contributed by atoms with Crippen LogP contribution in [0.1, 0.15) is 90.0 Å². The van der Waals surface area contributed by atoms with Gasteiger partial charge in [0.2, 0.25) is 5.91 Å². The molecule has 1 aliphatic carbocycles. The Hall–Kier alpha value is -1.14. The van der Waals surface area contributed by atoms with Crippen LogP contribution >= 0.6 is 11.8 Å². The van der Waals surface area contributed by atoms with Gasteiger partial charge in [-0.15, -0.1) is 0 Å². The van der Waals surface area contributed by atoms with E-state index in [4.69, 9.17) is 0 Å². The van der Waals surface area contributed by atoms with Crippen molar-refractivity contribution in [2.45, 2.75) is 102 Å². The number of hydrogen-bond donors (Lipinski definition) is 0. The molecule has 2 bridgehead atoms. The van der Waals surface area contributed by atoms with Crippen LogP contribution in [0.4, 0.5) is 8.78 Å². The molecule has 3 heterocycles. The average Bonchev–Trinajstić information content (AvgIpc) is 3.39. The van der Waals surface area contributed by atoms with Crippen LogP contribution in [0.2, 0.25) is 0 Å². The highest BCUT2D eigenvalue weighted by molar-refractivity contribution is 7.98. The number of piperidine rings is 1. The Kier molecular flexibility index (Phi) is 7.50. The lowest BCUT2D eigenvalue weighted by Crippen LogP contribution is -2.55. The van der Waals surface area contributed by atoms with Gasteiger partial charge in [-0.1, -0.05) is 25.3 Å². The second-order valence-electron chi connectivity index (χ2n) is 13.1. The van der Waals surface area contributed by atoms with Crippen molar-refractivity contribution < 1.29 is 13.6 Å². The third-order valence-corrected chi connectivity index (χ3v) is 10.9. The number of carbonyl (C=O) groups excluding carboxylic acids is 1. The molecule has 0 radical (unpaired) electrons. The maximum Gasteiger partial charge on any atom is 0.228 e. The molecular formula is C30H44F2N2OS. The Morgan fingerprint density at radius 3 is 2.28 bits per heavy atom. The van der Waals surface area contributed by atoms with Crippen LogP contribution < -0.4 is 0 Å². The van der Waals surface area contributed by atoms with Gasteiger partial charge >= 0.3 is 0 Å². The first-order valence-corrected chi connectivity index (χ1v) is 15.5. The van der Waals surface area contributed by atoms with Crippen LogP contribution in [0.5, 0.6) is 0 Å². The standard InChI is InChI=1S/C30H44F2N2OS/c1-29(2,3)33-17-25(24-13-10-21(31)14-27(24)32)26(18-33)28(35)34-22-11-12-23(34)16-30(15-22,19-36-4)20-8-6-5-7-9-20/h10,13-14,20,22-23,25-26H,5-9,11-12,15-19H2,1-4H3/t22?,23?,25?,26-,30?/m1/s1. The zero-order valence-corrected chi connectivity index (χ0v) is 23.4. The predicted molar refractivity (Wildman–Crippen MR) is 144 cm³/mol. The number of benzene rings is 1. The zero-order chi connectivity index (χ0) is 25.7. The fourth-order valence-corrected chi connectivity index (χ4v) is 9.27. The van der Waals surface area contributed by atoms with Crippen LogP contribution in [0.3, 0.4) is 0 Å². The van der Waals surface area contributed by atoms with Gasteiger partial charge in [0, 0.05) is 42.7 Å². The van der Waals surface area contributed by atoms with E-state index in [1.54, 1.807) is 6.07 Å². The normalized spacial score (nSPS) is 33.9. The molecule has 36 heavy (non-hydrogen) atoms. The molecule has 1 amide bonds. The van der Waals surface area contributed by atoms with E-state index < -0.39 is 11.6 Å². The summed E-state index contributed by atoms with van der Waals surface area (Å²) in [5, 5.41) is 0. The van der Waals surface area contributed by atoms with Gasteiger partial charge in [-0.25, -0.2) is 8.78 Å². The summed E-state index contributed by atoms with van der Waals surface area (Å²) < 4.78 is 28.7. The van der Waals surface area contributed by atoms with Crippen molar-refractivity contribution in [3.8, 4) is 0 Å². The lowest BCUT2D eigenvalue weighted by Gasteiger charge is -2.52. The van der Waals surface area contributed by atoms with E-state index >= 15 is 0 Å². The lowest BCUT2D eigenvalue weighted by atomic mass is 9.63. The van der Waals surface area contributed by atoms with Gasteiger partial charge < -0.3 is 4.90 Å². The summed E-state index contributed by atoms with van der Waals surface area (Å²) in [4.78, 5) is 18.9. The Labute approximate surface area is 220 Å². The quantitative estimate of drug-likeness (QED) is 0.425. The molecule has 0 aromatic heterocycles. The maximum atomic E-state index is 15.0. The zero-order valence-electron chi connectivity index (χ0n) is 22.6. The molecule has 3 nitrogen and oxygen atoms in total. The van der Waals surface area contributed by atoms with E-state index in [0.717, 1.165) is 37.7 Å². The monoisotopic (exact) mass is 518 g/mol. The van der Waals surface area contributed by atoms with Crippen molar-refractivity contribution in [2.75, 3.05) is 25.1 Å². The first-order chi connectivity index (χ1) is 17.1. The van der Waals surface area contributed by atoms with E-state index in [0.29, 0.717) is 36.2 Å². The number of fused-ring (bicyclic) bond motifs is 2. The molecule has 1 aromatic rings. The summed E-state index contributed by atoms with van der Waals surface area (Å²) >= 11 is 1.99. The SMILES string of the molecule is CSCC1(C2CCCCC2)CC2CCC(C1)N2C(=O)[C@@H]1CN(C(C)(C)C)CC1c1ccc(F)cc1F. The maximum absolute atomic E-state index is 15.0. The van der Waals surface area contributed by atoms with Crippen LogP contribution in [-0.4, -0.2) is 58.4 Å². The van der Waals surface area contributed by atoms with Gasteiger partial charge in [0.05, 0.1) is 5.92 Å². The van der Waals surface area contributed by atoms with Crippen LogP contribution in [0.15, 0.2) is 18.2 Å². The summed E-state index contributed by atoms with van der Waals surface area (Å²) in [7, 11) is 0. The van der Waals surface area contributed by atoms with Gasteiger partial charge in [-0.2, -0.15) is 11.8 Å². The number of amides is 1. The molecule has 4 fully saturated rings. The first-order valence-electron chi connectivity index (χ1n) is 14.1. The predicted octanol–water partition coefficient (Wildman–Crippen LogP) is 6.86. The summed E-state index contributed by atoms with van der Waals surface area (Å²) in [5.74, 6) is 0.602. The molecular weight excluding hydrogens is 474 g/mol. The highest BCUT2D eigenvalue weighted by atomic mass is 32.2. The largest absolute Gasteiger partial charge is 0.336 e. The molecule has 3 aliphatic heterocycles. The van der Waals surface area contributed by atoms with Gasteiger partial charge in [-0.05, 0) is 94.3 Å². The van der Waals surface area contributed by atoms with E-state index in [1.807, 2.05) is 11.8 Å². The summed E-state index contributed by atoms with van der Waals surface area (Å²) in [6, 6.07) is 4.51. The molecule has 4 aliphatic rings. The third kappa shape index (κ3) is 4.86. The molecule has 0 spiro atoms. The van der Waals surface area contributed by atoms with Gasteiger partial charge in [0.25, 0.3) is 0 Å². The fourth-order valence-electron chi connectivity index (χ4n) is 8.23. The van der Waals surface area contributed by atoms with Crippen molar-refractivity contribution in [1.82, 2.24) is 9.80 Å². The summed E-state index contributed by atoms with van der Waals surface area (Å²) in [6.07, 6.45) is 13.5. The van der Waals surface area contributed by atoms with Crippen LogP contribution in [-0.2, 0) is 4.79 Å². The second-order valence-corrected chi connectivity index (χ2v) is 14.0. The number of halogens is 2. The van der Waals surface area contributed by atoms with Gasteiger partial charge in [0.1, 0.15) is 11.6 Å². The number of thioether (sulfide) groups is 1. The lowest BCUT2D eigenvalue weighted by molar-refractivity contribution is -0.143. The minimum absolute atomic E-state index is 0.112. The summed E-state index contributed by atoms with van der Waals surface area (Å²) in [6.45, 7) is 7.73. The van der Waals surface area contributed by atoms with Crippen molar-refractivity contribution in [1.29, 1.82) is 0 Å². The van der Waals surface area contributed by atoms with Crippen molar-refractivity contribution >= 4 is 17.7 Å². The Morgan fingerprint density at radius 2 is 1.69 bits per heavy atom.